The minimum Gasteiger partial charge on any atom is -0.492 e. The van der Waals surface area contributed by atoms with E-state index >= 15 is 0 Å². The van der Waals surface area contributed by atoms with Crippen molar-refractivity contribution >= 4 is 18.1 Å². The predicted octanol–water partition coefficient (Wildman–Crippen LogP) is 4.06. The summed E-state index contributed by atoms with van der Waals surface area (Å²) in [7, 11) is 0. The second-order valence-corrected chi connectivity index (χ2v) is 7.55. The summed E-state index contributed by atoms with van der Waals surface area (Å²) in [5, 5.41) is 8.87. The van der Waals surface area contributed by atoms with Crippen LogP contribution in [0.4, 0.5) is 0 Å². The summed E-state index contributed by atoms with van der Waals surface area (Å²) in [6, 6.07) is 16.8. The fourth-order valence-corrected chi connectivity index (χ4v) is 4.12. The third kappa shape index (κ3) is 3.91. The molecule has 2 heterocycles. The van der Waals surface area contributed by atoms with Crippen molar-refractivity contribution in [2.24, 2.45) is 0 Å². The molecule has 27 heavy (non-hydrogen) atoms. The first-order valence-corrected chi connectivity index (χ1v) is 9.59. The Morgan fingerprint density at radius 1 is 1.07 bits per heavy atom. The highest BCUT2D eigenvalue weighted by Crippen LogP contribution is 2.45. The third-order valence-corrected chi connectivity index (χ3v) is 5.80. The van der Waals surface area contributed by atoms with Crippen molar-refractivity contribution < 1.29 is 14.6 Å². The van der Waals surface area contributed by atoms with Crippen LogP contribution in [0.15, 0.2) is 48.5 Å². The second-order valence-electron chi connectivity index (χ2n) is 7.55. The summed E-state index contributed by atoms with van der Waals surface area (Å²) in [6.07, 6.45) is 6.51. The molecule has 140 valence electrons. The van der Waals surface area contributed by atoms with Gasteiger partial charge >= 0.3 is 5.97 Å². The maximum atomic E-state index is 10.8. The minimum atomic E-state index is -0.721. The van der Waals surface area contributed by atoms with Gasteiger partial charge in [0.25, 0.3) is 0 Å². The molecule has 2 aliphatic rings. The van der Waals surface area contributed by atoms with E-state index < -0.39 is 5.97 Å². The number of nitrogens with zero attached hydrogens (tertiary/aromatic N) is 1. The standard InChI is InChI=1S/C23H25NO3/c25-22(26)10-13-24-14-11-23(12-15-24)17-27-21-16-19(8-9-20(21)23)7-6-18-4-2-1-3-5-18/h1-9,16H,10-15,17H2,(H,25,26)/b7-6+. The summed E-state index contributed by atoms with van der Waals surface area (Å²) in [5.41, 5.74) is 3.74. The number of rotatable bonds is 5. The van der Waals surface area contributed by atoms with E-state index in [1.54, 1.807) is 0 Å². The van der Waals surface area contributed by atoms with Gasteiger partial charge in [-0.1, -0.05) is 54.6 Å². The Kier molecular flexibility index (Phi) is 4.99. The molecule has 4 heteroatoms. The van der Waals surface area contributed by atoms with Gasteiger partial charge in [0.2, 0.25) is 0 Å². The van der Waals surface area contributed by atoms with Crippen LogP contribution in [0, 0.1) is 0 Å². The predicted molar refractivity (Wildman–Crippen MR) is 107 cm³/mol. The first-order valence-electron chi connectivity index (χ1n) is 9.59. The number of likely N-dealkylation sites (tertiary alicyclic amines) is 1. The SMILES string of the molecule is O=C(O)CCN1CCC2(CC1)COc1cc(/C=C/c3ccccc3)ccc12. The van der Waals surface area contributed by atoms with Crippen LogP contribution < -0.4 is 4.74 Å². The fraction of sp³-hybridized carbons (Fsp3) is 0.348. The number of hydrogen-bond donors (Lipinski definition) is 1. The molecule has 1 N–H and O–H groups in total. The molecule has 0 radical (unpaired) electrons. The van der Waals surface area contributed by atoms with Gasteiger partial charge in [-0.25, -0.2) is 0 Å². The van der Waals surface area contributed by atoms with Crippen molar-refractivity contribution in [2.45, 2.75) is 24.7 Å². The van der Waals surface area contributed by atoms with Crippen LogP contribution in [0.2, 0.25) is 0 Å². The van der Waals surface area contributed by atoms with E-state index in [2.05, 4.69) is 47.4 Å². The Morgan fingerprint density at radius 2 is 1.81 bits per heavy atom. The van der Waals surface area contributed by atoms with Gasteiger partial charge in [-0.15, -0.1) is 0 Å². The number of carbonyl (C=O) groups is 1. The summed E-state index contributed by atoms with van der Waals surface area (Å²) in [4.78, 5) is 13.0. The lowest BCUT2D eigenvalue weighted by Crippen LogP contribution is -2.44. The molecule has 0 aliphatic carbocycles. The number of piperidine rings is 1. The largest absolute Gasteiger partial charge is 0.492 e. The van der Waals surface area contributed by atoms with E-state index in [0.29, 0.717) is 6.54 Å². The zero-order chi connectivity index (χ0) is 18.7. The van der Waals surface area contributed by atoms with Crippen LogP contribution in [-0.2, 0) is 10.2 Å². The molecule has 0 atom stereocenters. The van der Waals surface area contributed by atoms with Crippen molar-refractivity contribution in [1.82, 2.24) is 4.90 Å². The Bertz CT molecular complexity index is 836. The van der Waals surface area contributed by atoms with Crippen LogP contribution in [0.5, 0.6) is 5.75 Å². The molecule has 1 fully saturated rings. The molecule has 0 aromatic heterocycles. The first kappa shape index (κ1) is 17.8. The van der Waals surface area contributed by atoms with Gasteiger partial charge < -0.3 is 14.7 Å². The lowest BCUT2D eigenvalue weighted by atomic mass is 9.74. The van der Waals surface area contributed by atoms with Gasteiger partial charge in [0, 0.05) is 17.5 Å². The quantitative estimate of drug-likeness (QED) is 0.814. The number of ether oxygens (including phenoxy) is 1. The normalized spacial score (nSPS) is 18.5. The van der Waals surface area contributed by atoms with E-state index in [1.165, 1.54) is 11.1 Å². The Balaban J connectivity index is 1.44. The smallest absolute Gasteiger partial charge is 0.304 e. The zero-order valence-corrected chi connectivity index (χ0v) is 15.4. The van der Waals surface area contributed by atoms with E-state index in [0.717, 1.165) is 43.9 Å². The van der Waals surface area contributed by atoms with E-state index in [9.17, 15) is 4.79 Å². The van der Waals surface area contributed by atoms with Crippen molar-refractivity contribution in [3.05, 3.63) is 65.2 Å². The molecule has 0 unspecified atom stereocenters. The maximum absolute atomic E-state index is 10.8. The molecule has 4 rings (SSSR count). The average molecular weight is 363 g/mol. The number of hydrogen-bond acceptors (Lipinski definition) is 3. The minimum absolute atomic E-state index is 0.0940. The molecule has 0 amide bonds. The van der Waals surface area contributed by atoms with Crippen molar-refractivity contribution in [3.8, 4) is 5.75 Å². The average Bonchev–Trinajstić information content (AvgIpc) is 3.04. The molecule has 1 spiro atoms. The van der Waals surface area contributed by atoms with E-state index in [1.807, 2.05) is 18.2 Å². The molecular formula is C23H25NO3. The van der Waals surface area contributed by atoms with Gasteiger partial charge in [0.05, 0.1) is 13.0 Å². The molecule has 2 aromatic rings. The highest BCUT2D eigenvalue weighted by atomic mass is 16.5. The van der Waals surface area contributed by atoms with Gasteiger partial charge in [-0.2, -0.15) is 0 Å². The Morgan fingerprint density at radius 3 is 2.56 bits per heavy atom. The number of fused-ring (bicyclic) bond motifs is 2. The highest BCUT2D eigenvalue weighted by molar-refractivity contribution is 5.71. The van der Waals surface area contributed by atoms with Gasteiger partial charge in [0.15, 0.2) is 0 Å². The zero-order valence-electron chi connectivity index (χ0n) is 15.4. The van der Waals surface area contributed by atoms with Crippen molar-refractivity contribution in [1.29, 1.82) is 0 Å². The number of benzene rings is 2. The number of carboxylic acids is 1. The van der Waals surface area contributed by atoms with E-state index in [4.69, 9.17) is 9.84 Å². The molecule has 2 aromatic carbocycles. The molecule has 2 aliphatic heterocycles. The van der Waals surface area contributed by atoms with Crippen molar-refractivity contribution in [2.75, 3.05) is 26.2 Å². The Hall–Kier alpha value is -2.59. The Labute approximate surface area is 160 Å². The molecule has 0 bridgehead atoms. The summed E-state index contributed by atoms with van der Waals surface area (Å²) in [5.74, 6) is 0.283. The molecule has 4 nitrogen and oxygen atoms in total. The third-order valence-electron chi connectivity index (χ3n) is 5.80. The van der Waals surface area contributed by atoms with Gasteiger partial charge in [-0.05, 0) is 43.1 Å². The van der Waals surface area contributed by atoms with Gasteiger partial charge in [-0.3, -0.25) is 4.79 Å². The molecule has 0 saturated carbocycles. The maximum Gasteiger partial charge on any atom is 0.304 e. The first-order chi connectivity index (χ1) is 13.1. The summed E-state index contributed by atoms with van der Waals surface area (Å²) in [6.45, 7) is 3.25. The lowest BCUT2D eigenvalue weighted by Gasteiger charge is -2.38. The van der Waals surface area contributed by atoms with Gasteiger partial charge in [0.1, 0.15) is 5.75 Å². The van der Waals surface area contributed by atoms with E-state index in [-0.39, 0.29) is 11.8 Å². The topological polar surface area (TPSA) is 49.8 Å². The number of aliphatic carboxylic acids is 1. The second kappa shape index (κ2) is 7.57. The fourth-order valence-electron chi connectivity index (χ4n) is 4.12. The van der Waals surface area contributed by atoms with Crippen LogP contribution in [0.3, 0.4) is 0 Å². The van der Waals surface area contributed by atoms with Crippen molar-refractivity contribution in [3.63, 3.8) is 0 Å². The molecular weight excluding hydrogens is 338 g/mol. The van der Waals surface area contributed by atoms with Crippen LogP contribution in [0.1, 0.15) is 36.0 Å². The van der Waals surface area contributed by atoms with Crippen LogP contribution in [-0.4, -0.2) is 42.2 Å². The summed E-state index contributed by atoms with van der Waals surface area (Å²) < 4.78 is 6.07. The highest BCUT2D eigenvalue weighted by Gasteiger charge is 2.42. The molecule has 1 saturated heterocycles. The lowest BCUT2D eigenvalue weighted by molar-refractivity contribution is -0.137. The van der Waals surface area contributed by atoms with Crippen LogP contribution in [0.25, 0.3) is 12.2 Å². The van der Waals surface area contributed by atoms with Crippen LogP contribution >= 0.6 is 0 Å². The number of carboxylic acid groups (broad SMARTS) is 1. The summed E-state index contributed by atoms with van der Waals surface area (Å²) >= 11 is 0. The monoisotopic (exact) mass is 363 g/mol.